The third-order valence-corrected chi connectivity index (χ3v) is 7.17. The molecule has 1 fully saturated rings. The van der Waals surface area contributed by atoms with Crippen molar-refractivity contribution in [2.45, 2.75) is 50.3 Å². The van der Waals surface area contributed by atoms with Crippen LogP contribution in [0.15, 0.2) is 39.8 Å². The fraction of sp³-hybridized carbons (Fsp3) is 0.550. The van der Waals surface area contributed by atoms with Crippen LogP contribution in [0.4, 0.5) is 11.4 Å². The zero-order chi connectivity index (χ0) is 21.6. The van der Waals surface area contributed by atoms with Crippen LogP contribution in [0.3, 0.4) is 0 Å². The van der Waals surface area contributed by atoms with Gasteiger partial charge in [-0.3, -0.25) is 15.5 Å². The normalized spacial score (nSPS) is 19.1. The summed E-state index contributed by atoms with van der Waals surface area (Å²) in [6.45, 7) is 3.24. The molecular weight excluding hydrogens is 408 g/mol. The second kappa shape index (κ2) is 10.1. The number of hydrogen-bond donors (Lipinski definition) is 1. The van der Waals surface area contributed by atoms with E-state index in [1.165, 1.54) is 22.0 Å². The first-order valence-electron chi connectivity index (χ1n) is 10.3. The third kappa shape index (κ3) is 5.24. The number of nitrogens with one attached hydrogen (secondary N) is 1. The number of rotatable bonds is 9. The summed E-state index contributed by atoms with van der Waals surface area (Å²) in [5.74, 6) is 0. The van der Waals surface area contributed by atoms with Gasteiger partial charge in [0.25, 0.3) is 5.69 Å². The molecule has 0 radical (unpaired) electrons. The van der Waals surface area contributed by atoms with E-state index < -0.39 is 14.9 Å². The Bertz CT molecular complexity index is 937. The van der Waals surface area contributed by atoms with Crippen molar-refractivity contribution in [3.63, 3.8) is 0 Å². The number of ether oxygens (including phenoxy) is 1. The smallest absolute Gasteiger partial charge is 0.295 e. The highest BCUT2D eigenvalue weighted by atomic mass is 32.2. The minimum atomic E-state index is -3.81. The lowest BCUT2D eigenvalue weighted by Gasteiger charge is -2.26. The molecule has 0 aromatic heterocycles. The van der Waals surface area contributed by atoms with Crippen LogP contribution in [0.25, 0.3) is 0 Å². The topological polar surface area (TPSA) is 114 Å². The fourth-order valence-corrected chi connectivity index (χ4v) is 5.01. The highest BCUT2D eigenvalue weighted by Crippen LogP contribution is 2.30. The van der Waals surface area contributed by atoms with Gasteiger partial charge >= 0.3 is 0 Å². The van der Waals surface area contributed by atoms with E-state index in [0.717, 1.165) is 50.3 Å². The fourth-order valence-electron chi connectivity index (χ4n) is 3.58. The highest BCUT2D eigenvalue weighted by Gasteiger charge is 2.29. The van der Waals surface area contributed by atoms with Crippen molar-refractivity contribution in [2.24, 2.45) is 5.10 Å². The monoisotopic (exact) mass is 436 g/mol. The Balaban J connectivity index is 1.79. The van der Waals surface area contributed by atoms with Crippen LogP contribution < -0.4 is 5.43 Å². The molecule has 164 valence electrons. The molecule has 1 aliphatic carbocycles. The summed E-state index contributed by atoms with van der Waals surface area (Å²) in [5, 5.41) is 16.0. The SMILES string of the molecule is CCCCCC1=CCC/C1=N\Nc1ccc(S(=O)(=O)N2CCOCC2)cc1[N+](=O)[O-]. The molecule has 0 saturated carbocycles. The van der Waals surface area contributed by atoms with E-state index in [1.54, 1.807) is 0 Å². The lowest BCUT2D eigenvalue weighted by Crippen LogP contribution is -2.40. The largest absolute Gasteiger partial charge is 0.379 e. The number of morpholine rings is 1. The van der Waals surface area contributed by atoms with E-state index in [-0.39, 0.29) is 29.4 Å². The molecule has 1 N–H and O–H groups in total. The molecule has 0 amide bonds. The number of nitro benzene ring substituents is 1. The van der Waals surface area contributed by atoms with Crippen LogP contribution in [-0.4, -0.2) is 49.7 Å². The summed E-state index contributed by atoms with van der Waals surface area (Å²) in [5.41, 5.74) is 4.74. The average Bonchev–Trinajstić information content (AvgIpc) is 3.20. The van der Waals surface area contributed by atoms with Crippen molar-refractivity contribution in [3.05, 3.63) is 40.0 Å². The number of sulfonamides is 1. The lowest BCUT2D eigenvalue weighted by atomic mass is 10.1. The molecule has 1 heterocycles. The molecule has 0 atom stereocenters. The Labute approximate surface area is 177 Å². The maximum atomic E-state index is 12.8. The summed E-state index contributed by atoms with van der Waals surface area (Å²) in [4.78, 5) is 10.9. The predicted octanol–water partition coefficient (Wildman–Crippen LogP) is 3.68. The zero-order valence-electron chi connectivity index (χ0n) is 17.2. The van der Waals surface area contributed by atoms with Gasteiger partial charge in [-0.05, 0) is 43.4 Å². The molecule has 0 spiro atoms. The molecule has 0 unspecified atom stereocenters. The van der Waals surface area contributed by atoms with Crippen LogP contribution in [0.1, 0.15) is 45.4 Å². The van der Waals surface area contributed by atoms with Gasteiger partial charge < -0.3 is 4.74 Å². The number of nitrogens with zero attached hydrogens (tertiary/aromatic N) is 3. The number of allylic oxidation sites excluding steroid dienone is 2. The van der Waals surface area contributed by atoms with Crippen molar-refractivity contribution in [2.75, 3.05) is 31.7 Å². The number of hydrogen-bond acceptors (Lipinski definition) is 7. The minimum absolute atomic E-state index is 0.102. The lowest BCUT2D eigenvalue weighted by molar-refractivity contribution is -0.384. The van der Waals surface area contributed by atoms with Gasteiger partial charge in [0.05, 0.1) is 28.7 Å². The number of nitro groups is 1. The van der Waals surface area contributed by atoms with Crippen LogP contribution >= 0.6 is 0 Å². The summed E-state index contributed by atoms with van der Waals surface area (Å²) < 4.78 is 32.1. The van der Waals surface area contributed by atoms with Crippen LogP contribution in [-0.2, 0) is 14.8 Å². The predicted molar refractivity (Wildman–Crippen MR) is 115 cm³/mol. The molecular formula is C20H28N4O5S. The van der Waals surface area contributed by atoms with Gasteiger partial charge in [0.1, 0.15) is 5.69 Å². The molecule has 30 heavy (non-hydrogen) atoms. The van der Waals surface area contributed by atoms with Crippen molar-refractivity contribution in [1.82, 2.24) is 4.31 Å². The van der Waals surface area contributed by atoms with Crippen molar-refractivity contribution >= 4 is 27.1 Å². The second-order valence-corrected chi connectivity index (χ2v) is 9.29. The van der Waals surface area contributed by atoms with Crippen molar-refractivity contribution < 1.29 is 18.1 Å². The molecule has 3 rings (SSSR count). The highest BCUT2D eigenvalue weighted by molar-refractivity contribution is 7.89. The van der Waals surface area contributed by atoms with Crippen molar-refractivity contribution in [3.8, 4) is 0 Å². The first-order valence-corrected chi connectivity index (χ1v) is 11.8. The Kier molecular flexibility index (Phi) is 7.57. The van der Waals surface area contributed by atoms with Gasteiger partial charge in [0.15, 0.2) is 0 Å². The van der Waals surface area contributed by atoms with E-state index in [1.807, 2.05) is 0 Å². The van der Waals surface area contributed by atoms with Gasteiger partial charge in [0, 0.05) is 19.2 Å². The molecule has 1 saturated heterocycles. The van der Waals surface area contributed by atoms with E-state index >= 15 is 0 Å². The van der Waals surface area contributed by atoms with Gasteiger partial charge in [-0.25, -0.2) is 8.42 Å². The summed E-state index contributed by atoms with van der Waals surface area (Å²) in [7, 11) is -3.81. The quantitative estimate of drug-likeness (QED) is 0.359. The zero-order valence-corrected chi connectivity index (χ0v) is 18.0. The van der Waals surface area contributed by atoms with Crippen LogP contribution in [0.5, 0.6) is 0 Å². The van der Waals surface area contributed by atoms with Crippen molar-refractivity contribution in [1.29, 1.82) is 0 Å². The standard InChI is InChI=1S/C20H28N4O5S/c1-2-3-4-6-16-7-5-8-18(16)21-22-19-10-9-17(15-20(19)24(25)26)30(27,28)23-11-13-29-14-12-23/h7,9-10,15,22H,2-6,8,11-14H2,1H3/b21-18+. The Hall–Kier alpha value is -2.30. The maximum Gasteiger partial charge on any atom is 0.295 e. The van der Waals surface area contributed by atoms with E-state index in [4.69, 9.17) is 4.74 Å². The average molecular weight is 437 g/mol. The van der Waals surface area contributed by atoms with Crippen LogP contribution in [0, 0.1) is 10.1 Å². The number of anilines is 1. The van der Waals surface area contributed by atoms with E-state index in [2.05, 4.69) is 23.5 Å². The Morgan fingerprint density at radius 3 is 2.73 bits per heavy atom. The summed E-state index contributed by atoms with van der Waals surface area (Å²) in [6.07, 6.45) is 8.23. The van der Waals surface area contributed by atoms with Gasteiger partial charge in [-0.2, -0.15) is 9.41 Å². The molecule has 1 aliphatic heterocycles. The molecule has 9 nitrogen and oxygen atoms in total. The molecule has 0 bridgehead atoms. The summed E-state index contributed by atoms with van der Waals surface area (Å²) in [6, 6.07) is 3.89. The maximum absolute atomic E-state index is 12.8. The number of hydrazone groups is 1. The van der Waals surface area contributed by atoms with E-state index in [9.17, 15) is 18.5 Å². The first-order chi connectivity index (χ1) is 14.4. The van der Waals surface area contributed by atoms with Gasteiger partial charge in [0.2, 0.25) is 10.0 Å². The summed E-state index contributed by atoms with van der Waals surface area (Å²) >= 11 is 0. The van der Waals surface area contributed by atoms with Gasteiger partial charge in [-0.1, -0.05) is 25.8 Å². The minimum Gasteiger partial charge on any atom is -0.379 e. The molecule has 1 aromatic rings. The van der Waals surface area contributed by atoms with E-state index in [0.29, 0.717) is 13.2 Å². The number of unbranched alkanes of at least 4 members (excludes halogenated alkanes) is 2. The molecule has 10 heteroatoms. The third-order valence-electron chi connectivity index (χ3n) is 5.28. The second-order valence-electron chi connectivity index (χ2n) is 7.35. The molecule has 2 aliphatic rings. The van der Waals surface area contributed by atoms with Gasteiger partial charge in [-0.15, -0.1) is 0 Å². The van der Waals surface area contributed by atoms with Crippen LogP contribution in [0.2, 0.25) is 0 Å². The Morgan fingerprint density at radius 2 is 2.03 bits per heavy atom. The number of benzene rings is 1. The Morgan fingerprint density at radius 1 is 1.27 bits per heavy atom. The first kappa shape index (κ1) is 22.4. The molecule has 1 aromatic carbocycles.